The van der Waals surface area contributed by atoms with Gasteiger partial charge >= 0.3 is 5.97 Å². The number of carboxylic acids is 1. The summed E-state index contributed by atoms with van der Waals surface area (Å²) in [6.07, 6.45) is 1.17. The first-order valence-corrected chi connectivity index (χ1v) is 17.8. The van der Waals surface area contributed by atoms with Crippen molar-refractivity contribution in [3.8, 4) is 11.1 Å². The average molecular weight is 643 g/mol. The van der Waals surface area contributed by atoms with Crippen molar-refractivity contribution >= 4 is 31.6 Å². The number of aliphatic carboxylic acids is 1. The van der Waals surface area contributed by atoms with Gasteiger partial charge in [-0.15, -0.1) is 0 Å². The molecule has 0 aliphatic carbocycles. The van der Waals surface area contributed by atoms with E-state index in [0.717, 1.165) is 22.9 Å². The number of ether oxygens (including phenoxy) is 1. The van der Waals surface area contributed by atoms with Gasteiger partial charge < -0.3 is 15.2 Å². The Labute approximate surface area is 258 Å². The maximum atomic E-state index is 13.5. The van der Waals surface area contributed by atoms with Crippen LogP contribution in [-0.2, 0) is 35.8 Å². The molecule has 12 heteroatoms. The number of nitrogens with zero attached hydrogens (tertiary/aromatic N) is 1. The van der Waals surface area contributed by atoms with Crippen molar-refractivity contribution in [3.05, 3.63) is 89.5 Å². The third kappa shape index (κ3) is 8.12. The second-order valence-corrected chi connectivity index (χ2v) is 15.7. The number of rotatable bonds is 13. The van der Waals surface area contributed by atoms with Gasteiger partial charge in [0.15, 0.2) is 9.84 Å². The maximum absolute atomic E-state index is 13.5. The molecule has 1 aliphatic heterocycles. The molecule has 0 bridgehead atoms. The highest BCUT2D eigenvalue weighted by atomic mass is 32.2. The van der Waals surface area contributed by atoms with Crippen LogP contribution in [0.5, 0.6) is 0 Å². The van der Waals surface area contributed by atoms with E-state index < -0.39 is 42.8 Å². The van der Waals surface area contributed by atoms with Gasteiger partial charge in [0.25, 0.3) is 5.91 Å². The summed E-state index contributed by atoms with van der Waals surface area (Å²) in [4.78, 5) is 27.7. The molecule has 0 unspecified atom stereocenters. The molecule has 4 rings (SSSR count). The molecule has 2 N–H and O–H groups in total. The lowest BCUT2D eigenvalue weighted by atomic mass is 9.93. The maximum Gasteiger partial charge on any atom is 0.326 e. The summed E-state index contributed by atoms with van der Waals surface area (Å²) in [5.74, 6) is -2.34. The van der Waals surface area contributed by atoms with Crippen LogP contribution < -0.4 is 5.32 Å². The number of carbonyl (C=O) groups is 2. The highest BCUT2D eigenvalue weighted by molar-refractivity contribution is 7.92. The molecular formula is C32H38N2O8S2. The number of hydrogen-bond acceptors (Lipinski definition) is 8. The van der Waals surface area contributed by atoms with Crippen LogP contribution in [-0.4, -0.2) is 88.3 Å². The Balaban J connectivity index is 1.64. The van der Waals surface area contributed by atoms with Crippen molar-refractivity contribution in [2.24, 2.45) is 0 Å². The predicted molar refractivity (Wildman–Crippen MR) is 168 cm³/mol. The summed E-state index contributed by atoms with van der Waals surface area (Å²) in [5, 5.41) is 11.5. The van der Waals surface area contributed by atoms with Gasteiger partial charge in [0.05, 0.1) is 22.5 Å². The molecular weight excluding hydrogens is 604 g/mol. The van der Waals surface area contributed by atoms with Crippen molar-refractivity contribution in [2.45, 2.75) is 48.5 Å². The fourth-order valence-corrected chi connectivity index (χ4v) is 8.02. The zero-order valence-corrected chi connectivity index (χ0v) is 26.6. The highest BCUT2D eigenvalue weighted by Gasteiger charge is 2.40. The largest absolute Gasteiger partial charge is 0.480 e. The van der Waals surface area contributed by atoms with E-state index in [1.165, 1.54) is 0 Å². The third-order valence-electron chi connectivity index (χ3n) is 7.89. The van der Waals surface area contributed by atoms with E-state index in [9.17, 15) is 31.5 Å². The smallest absolute Gasteiger partial charge is 0.326 e. The van der Waals surface area contributed by atoms with Gasteiger partial charge in [0, 0.05) is 38.1 Å². The Kier molecular flexibility index (Phi) is 10.6. The van der Waals surface area contributed by atoms with E-state index in [4.69, 9.17) is 4.74 Å². The molecule has 3 aromatic carbocycles. The van der Waals surface area contributed by atoms with Gasteiger partial charge in [-0.1, -0.05) is 48.5 Å². The fraction of sp³-hybridized carbons (Fsp3) is 0.375. The van der Waals surface area contributed by atoms with Crippen LogP contribution in [0.15, 0.2) is 77.7 Å². The Morgan fingerprint density at radius 1 is 1.00 bits per heavy atom. The first kappa shape index (κ1) is 33.3. The Morgan fingerprint density at radius 3 is 2.32 bits per heavy atom. The van der Waals surface area contributed by atoms with Crippen molar-refractivity contribution in [1.29, 1.82) is 0 Å². The fourth-order valence-electron chi connectivity index (χ4n) is 5.57. The van der Waals surface area contributed by atoms with E-state index in [-0.39, 0.29) is 28.7 Å². The van der Waals surface area contributed by atoms with Crippen LogP contribution in [0.1, 0.15) is 34.3 Å². The highest BCUT2D eigenvalue weighted by Crippen LogP contribution is 2.32. The Morgan fingerprint density at radius 2 is 1.68 bits per heavy atom. The molecule has 3 atom stereocenters. The van der Waals surface area contributed by atoms with Crippen LogP contribution in [0.4, 0.5) is 0 Å². The molecule has 1 heterocycles. The minimum absolute atomic E-state index is 0.139. The summed E-state index contributed by atoms with van der Waals surface area (Å²) in [6, 6.07) is 19.7. The summed E-state index contributed by atoms with van der Waals surface area (Å²) in [6.45, 7) is 2.98. The summed E-state index contributed by atoms with van der Waals surface area (Å²) < 4.78 is 55.6. The molecule has 1 saturated heterocycles. The van der Waals surface area contributed by atoms with Gasteiger partial charge in [-0.25, -0.2) is 21.6 Å². The molecule has 3 aromatic rings. The van der Waals surface area contributed by atoms with Crippen LogP contribution >= 0.6 is 0 Å². The summed E-state index contributed by atoms with van der Waals surface area (Å²) in [7, 11) is -5.40. The van der Waals surface area contributed by atoms with Gasteiger partial charge in [-0.2, -0.15) is 0 Å². The molecule has 1 aliphatic rings. The number of carbonyl (C=O) groups excluding carboxylic acids is 1. The molecule has 0 saturated carbocycles. The predicted octanol–water partition coefficient (Wildman–Crippen LogP) is 3.34. The molecule has 1 fully saturated rings. The lowest BCUT2D eigenvalue weighted by Crippen LogP contribution is -2.42. The topological polar surface area (TPSA) is 147 Å². The van der Waals surface area contributed by atoms with Crippen LogP contribution in [0, 0.1) is 6.92 Å². The quantitative estimate of drug-likeness (QED) is 0.287. The number of likely N-dealkylation sites (tertiary alicyclic amines) is 1. The number of methoxy groups -OCH3 is 1. The number of carboxylic acid groups (broad SMARTS) is 1. The molecule has 0 radical (unpaired) electrons. The van der Waals surface area contributed by atoms with Crippen LogP contribution in [0.25, 0.3) is 11.1 Å². The van der Waals surface area contributed by atoms with Crippen LogP contribution in [0.3, 0.4) is 0 Å². The summed E-state index contributed by atoms with van der Waals surface area (Å²) in [5.41, 5.74) is 3.35. The number of benzene rings is 3. The number of aryl methyl sites for hydroxylation is 1. The van der Waals surface area contributed by atoms with E-state index in [0.29, 0.717) is 31.7 Å². The molecule has 1 amide bonds. The normalized spacial score (nSPS) is 18.2. The first-order valence-electron chi connectivity index (χ1n) is 14.2. The second kappa shape index (κ2) is 14.0. The van der Waals surface area contributed by atoms with Crippen molar-refractivity contribution < 1.29 is 36.3 Å². The number of amides is 1. The number of nitrogens with one attached hydrogen (secondary N) is 1. The minimum Gasteiger partial charge on any atom is -0.480 e. The van der Waals surface area contributed by atoms with Crippen molar-refractivity contribution in [1.82, 2.24) is 10.2 Å². The van der Waals surface area contributed by atoms with E-state index in [1.54, 1.807) is 49.6 Å². The van der Waals surface area contributed by atoms with Gasteiger partial charge in [-0.3, -0.25) is 9.69 Å². The average Bonchev–Trinajstić information content (AvgIpc) is 3.38. The van der Waals surface area contributed by atoms with E-state index in [1.807, 2.05) is 37.3 Å². The van der Waals surface area contributed by atoms with E-state index >= 15 is 0 Å². The lowest BCUT2D eigenvalue weighted by Gasteiger charge is -2.24. The molecule has 10 nitrogen and oxygen atoms in total. The Bertz CT molecular complexity index is 1710. The van der Waals surface area contributed by atoms with Gasteiger partial charge in [0.2, 0.25) is 0 Å². The third-order valence-corrected chi connectivity index (χ3v) is 11.0. The Hall–Kier alpha value is -3.58. The number of hydrogen-bond donors (Lipinski definition) is 2. The minimum atomic E-state index is -3.56. The number of sulfone groups is 2. The molecule has 44 heavy (non-hydrogen) atoms. The standard InChI is InChI=1S/C32H38N2O8S2/c1-22-9-7-8-12-27(22)29-17-23(13-14-28(29)31(35)33-30(32(36)37)15-16-43(3,38)39)19-34-20-26(18-24(34)21-42-2)44(40,41)25-10-5-4-6-11-25/h4-14,17,24,26,30H,15-16,18-21H2,1-3H3,(H,33,35)(H,36,37)/t24-,26+,30+/m1/s1. The lowest BCUT2D eigenvalue weighted by molar-refractivity contribution is -0.139. The molecule has 0 spiro atoms. The zero-order valence-electron chi connectivity index (χ0n) is 25.0. The second-order valence-electron chi connectivity index (χ2n) is 11.2. The zero-order chi connectivity index (χ0) is 32.1. The SMILES string of the molecule is COC[C@H]1C[C@H](S(=O)(=O)c2ccccc2)CN1Cc1ccc(C(=O)N[C@@H](CCS(C)(=O)=O)C(=O)O)c(-c2ccccc2C)c1. The molecule has 0 aromatic heterocycles. The van der Waals surface area contributed by atoms with Crippen LogP contribution in [0.2, 0.25) is 0 Å². The monoisotopic (exact) mass is 642 g/mol. The first-order chi connectivity index (χ1) is 20.8. The van der Waals surface area contributed by atoms with Gasteiger partial charge in [-0.05, 0) is 66.3 Å². The van der Waals surface area contributed by atoms with Crippen molar-refractivity contribution in [3.63, 3.8) is 0 Å². The van der Waals surface area contributed by atoms with E-state index in [2.05, 4.69) is 10.2 Å². The summed E-state index contributed by atoms with van der Waals surface area (Å²) >= 11 is 0. The molecule has 236 valence electrons. The van der Waals surface area contributed by atoms with Crippen molar-refractivity contribution in [2.75, 3.05) is 32.3 Å². The van der Waals surface area contributed by atoms with Gasteiger partial charge in [0.1, 0.15) is 15.9 Å².